The Hall–Kier alpha value is 1.56. The summed E-state index contributed by atoms with van der Waals surface area (Å²) >= 11 is 2.90. The second-order valence-corrected chi connectivity index (χ2v) is 8.30. The van der Waals surface area contributed by atoms with Gasteiger partial charge in [-0.3, -0.25) is 0 Å². The molecule has 0 N–H and O–H groups in total. The molecule has 0 aromatic carbocycles. The van der Waals surface area contributed by atoms with Gasteiger partial charge < -0.3 is 0 Å². The predicted octanol–water partition coefficient (Wildman–Crippen LogP) is 1.87. The topological polar surface area (TPSA) is 0 Å². The molecule has 0 atom stereocenters. The van der Waals surface area contributed by atoms with Crippen LogP contribution in [0.4, 0.5) is 0 Å². The number of rotatable bonds is 6. The predicted molar refractivity (Wildman–Crippen MR) is 48.2 cm³/mol. The van der Waals surface area contributed by atoms with Crippen LogP contribution in [0.25, 0.3) is 0 Å². The van der Waals surface area contributed by atoms with Gasteiger partial charge in [0.25, 0.3) is 0 Å². The second-order valence-electron chi connectivity index (χ2n) is 1.60. The summed E-state index contributed by atoms with van der Waals surface area (Å²) in [6.45, 7) is 0. The van der Waals surface area contributed by atoms with E-state index in [9.17, 15) is 0 Å². The molecule has 0 saturated heterocycles. The first-order valence-electron chi connectivity index (χ1n) is 2.97. The summed E-state index contributed by atoms with van der Waals surface area (Å²) in [5.41, 5.74) is 0. The van der Waals surface area contributed by atoms with Gasteiger partial charge >= 0.3 is 77.8 Å². The third-order valence-corrected chi connectivity index (χ3v) is 8.12. The fourth-order valence-electron chi connectivity index (χ4n) is 0.387. The van der Waals surface area contributed by atoms with Crippen molar-refractivity contribution in [1.82, 2.24) is 0 Å². The van der Waals surface area contributed by atoms with E-state index < -0.39 is 0 Å². The van der Waals surface area contributed by atoms with E-state index in [2.05, 4.69) is 11.6 Å². The van der Waals surface area contributed by atoms with E-state index in [1.165, 1.54) is 10.6 Å². The van der Waals surface area contributed by atoms with Crippen LogP contribution >= 0.6 is 0 Å². The van der Waals surface area contributed by atoms with Gasteiger partial charge in [-0.15, -0.1) is 0 Å². The molecule has 0 saturated carbocycles. The summed E-state index contributed by atoms with van der Waals surface area (Å²) in [4.78, 5) is 0. The van der Waals surface area contributed by atoms with Crippen molar-refractivity contribution in [3.63, 3.8) is 0 Å². The van der Waals surface area contributed by atoms with E-state index in [4.69, 9.17) is 0 Å². The Morgan fingerprint density at radius 1 is 0.778 bits per heavy atom. The molecular weight excluding hydrogens is 309 g/mol. The Morgan fingerprint density at radius 2 is 1.22 bits per heavy atom. The average Bonchev–Trinajstić information content (AvgIpc) is 1.89. The van der Waals surface area contributed by atoms with Crippen molar-refractivity contribution in [2.24, 2.45) is 0 Å². The third-order valence-electron chi connectivity index (χ3n) is 0.864. The molecule has 0 aromatic rings. The van der Waals surface area contributed by atoms with Crippen molar-refractivity contribution in [2.45, 2.75) is 32.9 Å². The maximum absolute atomic E-state index is 2.34. The van der Waals surface area contributed by atoms with Crippen LogP contribution in [0, 0.1) is 0 Å². The molecule has 0 radical (unpaired) electrons. The van der Waals surface area contributed by atoms with Gasteiger partial charge in [0.15, 0.2) is 0 Å². The van der Waals surface area contributed by atoms with Crippen molar-refractivity contribution in [2.75, 3.05) is 0 Å². The van der Waals surface area contributed by atoms with Gasteiger partial charge in [0.1, 0.15) is 0 Å². The van der Waals surface area contributed by atoms with Gasteiger partial charge in [-0.1, -0.05) is 0 Å². The van der Waals surface area contributed by atoms with Crippen LogP contribution in [0.15, 0.2) is 0 Å². The van der Waals surface area contributed by atoms with Crippen LogP contribution in [0.3, 0.4) is 0 Å². The Bertz CT molecular complexity index is 41.6. The molecule has 0 aliphatic rings. The Labute approximate surface area is 77.4 Å². The van der Waals surface area contributed by atoms with E-state index in [1.54, 1.807) is 10.6 Å². The zero-order valence-corrected chi connectivity index (χ0v) is 11.2. The molecule has 0 spiro atoms. The Kier molecular flexibility index (Phi) is 11.2. The van der Waals surface area contributed by atoms with Crippen LogP contribution in [-0.4, -0.2) is 44.9 Å². The second kappa shape index (κ2) is 9.56. The molecule has 0 aliphatic carbocycles. The molecule has 0 rings (SSSR count). The van der Waals surface area contributed by atoms with E-state index in [-0.39, 0.29) is 0 Å². The van der Waals surface area contributed by atoms with E-state index in [1.807, 2.05) is 0 Å². The Balaban J connectivity index is 2.60. The summed E-state index contributed by atoms with van der Waals surface area (Å²) < 4.78 is 0. The standard InChI is InChI=1S/C6H14Se3/c1-7-3-5-9-6-4-8-2/h3-6H2,1-2H3. The number of hydrogen-bond acceptors (Lipinski definition) is 0. The van der Waals surface area contributed by atoms with Crippen molar-refractivity contribution in [1.29, 1.82) is 0 Å². The molecule has 0 nitrogen and oxygen atoms in total. The molecule has 0 unspecified atom stereocenters. The molecule has 56 valence electrons. The molecule has 0 heterocycles. The van der Waals surface area contributed by atoms with Crippen molar-refractivity contribution in [3.05, 3.63) is 0 Å². The quantitative estimate of drug-likeness (QED) is 0.517. The first-order chi connectivity index (χ1) is 4.41. The summed E-state index contributed by atoms with van der Waals surface area (Å²) in [6, 6.07) is 0. The summed E-state index contributed by atoms with van der Waals surface area (Å²) in [7, 11) is 0. The minimum atomic E-state index is 0.944. The van der Waals surface area contributed by atoms with Gasteiger partial charge in [0.2, 0.25) is 0 Å². The van der Waals surface area contributed by atoms with Crippen molar-refractivity contribution in [3.8, 4) is 0 Å². The maximum atomic E-state index is 2.34. The molecule has 0 aliphatic heterocycles. The third kappa shape index (κ3) is 9.56. The first-order valence-corrected chi connectivity index (χ1v) is 11.2. The molecule has 0 bridgehead atoms. The van der Waals surface area contributed by atoms with Crippen LogP contribution in [-0.2, 0) is 0 Å². The molecular formula is C6H14Se3. The fourth-order valence-corrected chi connectivity index (χ4v) is 8.21. The molecule has 9 heavy (non-hydrogen) atoms. The van der Waals surface area contributed by atoms with Crippen LogP contribution in [0.1, 0.15) is 0 Å². The van der Waals surface area contributed by atoms with Gasteiger partial charge in [0.05, 0.1) is 0 Å². The number of hydrogen-bond donors (Lipinski definition) is 0. The minimum absolute atomic E-state index is 0.944. The molecule has 0 fully saturated rings. The summed E-state index contributed by atoms with van der Waals surface area (Å²) in [5.74, 6) is 4.68. The SMILES string of the molecule is C[Se]CC[Se]CC[Se]C. The zero-order chi connectivity index (χ0) is 6.95. The van der Waals surface area contributed by atoms with Gasteiger partial charge in [-0.05, 0) is 0 Å². The van der Waals surface area contributed by atoms with Crippen LogP contribution in [0.2, 0.25) is 32.9 Å². The summed E-state index contributed by atoms with van der Waals surface area (Å²) in [6.07, 6.45) is 0. The van der Waals surface area contributed by atoms with E-state index in [0.29, 0.717) is 0 Å². The average molecular weight is 323 g/mol. The molecule has 3 heteroatoms. The monoisotopic (exact) mass is 326 g/mol. The van der Waals surface area contributed by atoms with Crippen LogP contribution in [0.5, 0.6) is 0 Å². The van der Waals surface area contributed by atoms with Crippen molar-refractivity contribution >= 4 is 44.9 Å². The van der Waals surface area contributed by atoms with Crippen molar-refractivity contribution < 1.29 is 0 Å². The first kappa shape index (κ1) is 10.6. The van der Waals surface area contributed by atoms with Crippen LogP contribution < -0.4 is 0 Å². The molecule has 0 amide bonds. The Morgan fingerprint density at radius 3 is 1.56 bits per heavy atom. The normalized spacial score (nSPS) is 10.0. The van der Waals surface area contributed by atoms with E-state index in [0.717, 1.165) is 44.9 Å². The van der Waals surface area contributed by atoms with E-state index >= 15 is 0 Å². The van der Waals surface area contributed by atoms with Gasteiger partial charge in [0, 0.05) is 0 Å². The zero-order valence-electron chi connectivity index (χ0n) is 6.05. The summed E-state index contributed by atoms with van der Waals surface area (Å²) in [5, 5.41) is 6.17. The fraction of sp³-hybridized carbons (Fsp3) is 1.00. The van der Waals surface area contributed by atoms with Gasteiger partial charge in [-0.2, -0.15) is 0 Å². The molecule has 0 aromatic heterocycles. The van der Waals surface area contributed by atoms with Gasteiger partial charge in [-0.25, -0.2) is 0 Å².